The Morgan fingerprint density at radius 3 is 1.10 bits per heavy atom. The third-order valence-electron chi connectivity index (χ3n) is 15.6. The molecule has 4 aliphatic heterocycles. The summed E-state index contributed by atoms with van der Waals surface area (Å²) in [4.78, 5) is 99.3. The van der Waals surface area contributed by atoms with E-state index in [9.17, 15) is 20.2 Å². The van der Waals surface area contributed by atoms with Crippen molar-refractivity contribution < 1.29 is 9.85 Å². The van der Waals surface area contributed by atoms with Gasteiger partial charge in [-0.15, -0.1) is 0 Å². The minimum Gasteiger partial charge on any atom is -0.324 e. The number of pyridine rings is 4. The molecule has 12 heterocycles. The number of nitrogens with zero attached hydrogens (tertiary/aromatic N) is 16. The van der Waals surface area contributed by atoms with Crippen molar-refractivity contribution in [3.63, 3.8) is 0 Å². The van der Waals surface area contributed by atoms with Crippen molar-refractivity contribution in [3.8, 4) is 0 Å². The molecule has 4 atom stereocenters. The van der Waals surface area contributed by atoms with E-state index in [2.05, 4.69) is 51.8 Å². The fraction of sp³-hybridized carbons (Fsp3) is 0.103. The van der Waals surface area contributed by atoms with Gasteiger partial charge in [0.1, 0.15) is 0 Å². The Balaban J connectivity index is 0.985. The van der Waals surface area contributed by atoms with Gasteiger partial charge < -0.3 is 30.6 Å². The third-order valence-corrected chi connectivity index (χ3v) is 15.6. The molecule has 88 heavy (non-hydrogen) atoms. The number of hydrazine groups is 1. The van der Waals surface area contributed by atoms with Gasteiger partial charge in [0.05, 0.1) is 76.8 Å². The highest BCUT2D eigenvalue weighted by molar-refractivity contribution is 6.06. The van der Waals surface area contributed by atoms with Crippen LogP contribution in [0.15, 0.2) is 190 Å². The predicted octanol–water partition coefficient (Wildman–Crippen LogP) is 7.54. The van der Waals surface area contributed by atoms with Crippen LogP contribution in [0.2, 0.25) is 0 Å². The number of H-pyrrole nitrogens is 4. The monoisotopic (exact) mass is 1170 g/mol. The Morgan fingerprint density at radius 2 is 0.750 bits per heavy atom. The lowest BCUT2D eigenvalue weighted by Crippen LogP contribution is -2.75. The number of nitrogens with one attached hydrogen (secondary N) is 10. The van der Waals surface area contributed by atoms with E-state index in [1.54, 1.807) is 72.3 Å². The van der Waals surface area contributed by atoms with Crippen molar-refractivity contribution in [1.29, 1.82) is 0 Å². The van der Waals surface area contributed by atoms with Gasteiger partial charge in [-0.05, 0) is 110 Å². The van der Waals surface area contributed by atoms with Gasteiger partial charge in [-0.3, -0.25) is 61.4 Å². The number of nitro benzene ring substituents is 2. The Bertz CT molecular complexity index is 4970. The van der Waals surface area contributed by atoms with Crippen LogP contribution in [0.25, 0.3) is 44.1 Å². The molecule has 0 aliphatic carbocycles. The summed E-state index contributed by atoms with van der Waals surface area (Å²) in [5, 5.41) is 49.2. The minimum absolute atomic E-state index is 0.00827. The summed E-state index contributed by atoms with van der Waals surface area (Å²) in [6.45, 7) is 3.99. The Hall–Kier alpha value is -12.8. The molecule has 0 saturated heterocycles. The average Bonchev–Trinajstić information content (AvgIpc) is 1.49. The van der Waals surface area contributed by atoms with Gasteiger partial charge >= 0.3 is 0 Å². The molecule has 30 heteroatoms. The van der Waals surface area contributed by atoms with Gasteiger partial charge in [-0.25, -0.2) is 49.9 Å². The molecule has 4 aromatic carbocycles. The minimum atomic E-state index is -1.98. The zero-order valence-corrected chi connectivity index (χ0v) is 46.0. The van der Waals surface area contributed by atoms with Crippen LogP contribution < -0.4 is 31.9 Å². The van der Waals surface area contributed by atoms with Crippen LogP contribution in [-0.2, 0) is 22.7 Å². The summed E-state index contributed by atoms with van der Waals surface area (Å²) < 4.78 is 0. The van der Waals surface area contributed by atoms with Gasteiger partial charge in [0, 0.05) is 49.1 Å². The second kappa shape index (κ2) is 18.9. The first-order valence-electron chi connectivity index (χ1n) is 27.4. The third kappa shape index (κ3) is 7.67. The number of anilines is 4. The molecule has 4 unspecified atom stereocenters. The van der Waals surface area contributed by atoms with Gasteiger partial charge in [-0.2, -0.15) is 0 Å². The SMILES string of the molecule is Cc1ccc2nc(NC3=NC4(c5ccccn5)N=C(Nc5nc6ccc(C)cc6[nH]5)N(N5C(Nc6nc7ccc([N+](=O)[O-])cc7[nH]6)=NC6(c7ccccn7)N=C(Nc7nc8ccc([N+](=O)[O-])cc8[nH]7)NC56c5ccccn5)C4(c4ccccn4)N3)[nH]c2c1. The number of aryl methyl sites for hydroxylation is 2. The van der Waals surface area contributed by atoms with E-state index in [0.717, 1.165) is 22.2 Å². The van der Waals surface area contributed by atoms with Crippen molar-refractivity contribution in [2.24, 2.45) is 20.0 Å². The molecule has 4 aliphatic rings. The Kier molecular flexibility index (Phi) is 10.9. The van der Waals surface area contributed by atoms with Crippen molar-refractivity contribution in [1.82, 2.24) is 80.5 Å². The van der Waals surface area contributed by atoms with E-state index in [0.29, 0.717) is 61.8 Å². The van der Waals surface area contributed by atoms with Gasteiger partial charge in [-0.1, -0.05) is 36.4 Å². The summed E-state index contributed by atoms with van der Waals surface area (Å²) >= 11 is 0. The molecule has 0 spiro atoms. The zero-order chi connectivity index (χ0) is 59.5. The molecule has 8 aromatic heterocycles. The summed E-state index contributed by atoms with van der Waals surface area (Å²) in [6.07, 6.45) is 6.57. The predicted molar refractivity (Wildman–Crippen MR) is 325 cm³/mol. The number of hydrogen-bond acceptors (Lipinski definition) is 24. The number of hydrogen-bond donors (Lipinski definition) is 10. The first kappa shape index (κ1) is 50.9. The summed E-state index contributed by atoms with van der Waals surface area (Å²) in [7, 11) is 0. The highest BCUT2D eigenvalue weighted by Gasteiger charge is 2.78. The van der Waals surface area contributed by atoms with E-state index in [1.165, 1.54) is 24.3 Å². The summed E-state index contributed by atoms with van der Waals surface area (Å²) in [6, 6.07) is 42.1. The summed E-state index contributed by atoms with van der Waals surface area (Å²) in [5.41, 5.74) is -0.381. The lowest BCUT2D eigenvalue weighted by Gasteiger charge is -2.52. The number of nitro groups is 2. The van der Waals surface area contributed by atoms with Crippen LogP contribution in [-0.4, -0.2) is 104 Å². The zero-order valence-electron chi connectivity index (χ0n) is 46.0. The molecular formula is C58H44N26O4. The number of imidazole rings is 4. The molecule has 12 aromatic rings. The van der Waals surface area contributed by atoms with Gasteiger partial charge in [0.25, 0.3) is 11.4 Å². The molecule has 0 saturated carbocycles. The molecule has 430 valence electrons. The number of aromatic amines is 4. The van der Waals surface area contributed by atoms with E-state index < -0.39 is 32.5 Å². The molecular weight excluding hydrogens is 1120 g/mol. The van der Waals surface area contributed by atoms with E-state index in [-0.39, 0.29) is 53.1 Å². The van der Waals surface area contributed by atoms with Crippen LogP contribution in [0.4, 0.5) is 35.2 Å². The van der Waals surface area contributed by atoms with Gasteiger partial charge in [0.15, 0.2) is 0 Å². The smallest absolute Gasteiger partial charge is 0.271 e. The second-order valence-corrected chi connectivity index (χ2v) is 21.1. The van der Waals surface area contributed by atoms with Crippen molar-refractivity contribution in [2.75, 3.05) is 21.3 Å². The first-order chi connectivity index (χ1) is 42.9. The highest BCUT2D eigenvalue weighted by Crippen LogP contribution is 2.60. The number of non-ortho nitro benzene ring substituents is 2. The average molecular weight is 1170 g/mol. The molecule has 10 N–H and O–H groups in total. The van der Waals surface area contributed by atoms with E-state index in [4.69, 9.17) is 59.8 Å². The van der Waals surface area contributed by atoms with Crippen molar-refractivity contribution in [2.45, 2.75) is 36.5 Å². The Morgan fingerprint density at radius 1 is 0.409 bits per heavy atom. The molecule has 30 nitrogen and oxygen atoms in total. The Labute approximate surface area is 493 Å². The molecule has 0 radical (unpaired) electrons. The number of aliphatic imine (C=N–C) groups is 4. The number of guanidine groups is 4. The van der Waals surface area contributed by atoms with Crippen LogP contribution in [0.3, 0.4) is 0 Å². The largest absolute Gasteiger partial charge is 0.324 e. The standard InChI is InChI=1S/C58H44N26O4/c1-31-15-19-35-39(27-31)67-47(63-35)71-51-75-55(43-11-3-7-23-59-43)57(77-51,45-13-5-9-25-61-45)81(53(79-55)73-49-65-36-20-16-32(2)28-40(36)68-49)82-54(74-50-66-38-22-18-34(84(87)88)30-42(38)70-50)80-56(44-12-4-8-24-60-44)58(82,46-14-6-10-26-62-46)78-52(76-56)72-48-64-37-21-17-33(83(85)86)29-41(37)69-48/h3-30H,1-2H3,(H2,65,68,73,79)(H2,66,70,74,80)(H3,63,67,71,75,77)(H3,64,69,72,76,78). The fourth-order valence-corrected chi connectivity index (χ4v) is 11.9. The van der Waals surface area contributed by atoms with Crippen LogP contribution in [0.1, 0.15) is 33.9 Å². The highest BCUT2D eigenvalue weighted by atomic mass is 16.6. The van der Waals surface area contributed by atoms with Crippen molar-refractivity contribution in [3.05, 3.63) is 225 Å². The van der Waals surface area contributed by atoms with Crippen LogP contribution in [0, 0.1) is 34.1 Å². The molecule has 0 fully saturated rings. The number of rotatable bonds is 11. The quantitative estimate of drug-likeness (QED) is 0.0441. The number of fused-ring (bicyclic) bond motifs is 6. The topological polar surface area (TPSA) is 381 Å². The first-order valence-corrected chi connectivity index (χ1v) is 27.4. The van der Waals surface area contributed by atoms with E-state index in [1.807, 2.05) is 97.7 Å². The second-order valence-electron chi connectivity index (χ2n) is 21.1. The summed E-state index contributed by atoms with van der Waals surface area (Å²) in [5.74, 6) is 1.21. The maximum Gasteiger partial charge on any atom is 0.271 e. The molecule has 16 rings (SSSR count). The lowest BCUT2D eigenvalue weighted by molar-refractivity contribution is -0.384. The maximum absolute atomic E-state index is 12.2. The van der Waals surface area contributed by atoms with Crippen molar-refractivity contribution >= 4 is 103 Å². The molecule has 0 bridgehead atoms. The van der Waals surface area contributed by atoms with Gasteiger partial charge in [0.2, 0.25) is 70.3 Å². The fourth-order valence-electron chi connectivity index (χ4n) is 11.9. The number of aromatic nitrogens is 12. The van der Waals surface area contributed by atoms with Crippen LogP contribution in [0.5, 0.6) is 0 Å². The van der Waals surface area contributed by atoms with Crippen LogP contribution >= 0.6 is 0 Å². The normalized spacial score (nSPS) is 20.9. The number of benzene rings is 4. The maximum atomic E-state index is 12.2. The molecule has 0 amide bonds. The lowest BCUT2D eigenvalue weighted by atomic mass is 9.85. The van der Waals surface area contributed by atoms with E-state index >= 15 is 0 Å².